The van der Waals surface area contributed by atoms with Crippen LogP contribution in [-0.2, 0) is 4.79 Å². The summed E-state index contributed by atoms with van der Waals surface area (Å²) in [4.78, 5) is 10.4. The fraction of sp³-hybridized carbons (Fsp3) is 0.769. The molecule has 2 heteroatoms. The molecule has 0 fully saturated rings. The molecule has 0 amide bonds. The third kappa shape index (κ3) is 11.1. The number of carboxylic acids is 1. The van der Waals surface area contributed by atoms with Crippen molar-refractivity contribution in [2.24, 2.45) is 0 Å². The summed E-state index contributed by atoms with van der Waals surface area (Å²) < 4.78 is 0. The summed E-state index contributed by atoms with van der Waals surface area (Å²) in [5.74, 6) is -0.730. The van der Waals surface area contributed by atoms with E-state index in [0.717, 1.165) is 12.0 Å². The second kappa shape index (κ2) is 9.75. The maximum absolute atomic E-state index is 10.4. The fourth-order valence-electron chi connectivity index (χ4n) is 1.58. The van der Waals surface area contributed by atoms with Crippen molar-refractivity contribution in [1.29, 1.82) is 0 Å². The second-order valence-electron chi connectivity index (χ2n) is 4.18. The molecule has 0 radical (unpaired) electrons. The zero-order chi connectivity index (χ0) is 11.5. The number of hydrogen-bond acceptors (Lipinski definition) is 1. The van der Waals surface area contributed by atoms with Gasteiger partial charge in [0.15, 0.2) is 0 Å². The summed E-state index contributed by atoms with van der Waals surface area (Å²) in [6, 6.07) is 0. The molecule has 0 heterocycles. The van der Waals surface area contributed by atoms with Gasteiger partial charge in [-0.05, 0) is 19.8 Å². The van der Waals surface area contributed by atoms with Crippen LogP contribution in [0.4, 0.5) is 0 Å². The van der Waals surface area contributed by atoms with Crippen LogP contribution in [0.5, 0.6) is 0 Å². The largest absolute Gasteiger partial charge is 0.481 e. The highest BCUT2D eigenvalue weighted by atomic mass is 16.4. The number of carbonyl (C=O) groups is 1. The van der Waals surface area contributed by atoms with Gasteiger partial charge in [0.25, 0.3) is 0 Å². The molecular formula is C13H24O2. The molecule has 0 spiro atoms. The van der Waals surface area contributed by atoms with Gasteiger partial charge in [0.1, 0.15) is 0 Å². The molecule has 1 N–H and O–H groups in total. The zero-order valence-electron chi connectivity index (χ0n) is 10.1. The summed E-state index contributed by atoms with van der Waals surface area (Å²) >= 11 is 0. The van der Waals surface area contributed by atoms with Gasteiger partial charge in [-0.2, -0.15) is 0 Å². The topological polar surface area (TPSA) is 37.3 Å². The summed E-state index contributed by atoms with van der Waals surface area (Å²) in [7, 11) is 0. The second-order valence-corrected chi connectivity index (χ2v) is 4.18. The molecule has 88 valence electrons. The maximum Gasteiger partial charge on any atom is 0.307 e. The molecular weight excluding hydrogens is 188 g/mol. The van der Waals surface area contributed by atoms with Crippen molar-refractivity contribution in [2.75, 3.05) is 0 Å². The Kier molecular flexibility index (Phi) is 9.24. The Morgan fingerprint density at radius 1 is 1.13 bits per heavy atom. The lowest BCUT2D eigenvalue weighted by molar-refractivity contribution is -0.136. The number of allylic oxidation sites excluding steroid dienone is 1. The van der Waals surface area contributed by atoms with E-state index < -0.39 is 5.97 Å². The van der Waals surface area contributed by atoms with Crippen LogP contribution in [0, 0.1) is 0 Å². The lowest BCUT2D eigenvalue weighted by Gasteiger charge is -1.99. The quantitative estimate of drug-likeness (QED) is 0.460. The first-order chi connectivity index (χ1) is 7.16. The SMILES string of the molecule is CCCCCCCC/C=C(/C)CC(=O)O. The Morgan fingerprint density at radius 3 is 2.33 bits per heavy atom. The van der Waals surface area contributed by atoms with Crippen molar-refractivity contribution in [3.8, 4) is 0 Å². The van der Waals surface area contributed by atoms with Crippen LogP contribution in [0.2, 0.25) is 0 Å². The monoisotopic (exact) mass is 212 g/mol. The van der Waals surface area contributed by atoms with Gasteiger partial charge >= 0.3 is 5.97 Å². The van der Waals surface area contributed by atoms with Crippen molar-refractivity contribution in [2.45, 2.75) is 65.2 Å². The van der Waals surface area contributed by atoms with Crippen molar-refractivity contribution < 1.29 is 9.90 Å². The molecule has 0 unspecified atom stereocenters. The van der Waals surface area contributed by atoms with E-state index in [0.29, 0.717) is 0 Å². The van der Waals surface area contributed by atoms with E-state index in [2.05, 4.69) is 13.0 Å². The minimum absolute atomic E-state index is 0.190. The Hall–Kier alpha value is -0.790. The van der Waals surface area contributed by atoms with E-state index >= 15 is 0 Å². The predicted octanol–water partition coefficient (Wildman–Crippen LogP) is 4.16. The zero-order valence-corrected chi connectivity index (χ0v) is 10.1. The van der Waals surface area contributed by atoms with Crippen LogP contribution in [-0.4, -0.2) is 11.1 Å². The average molecular weight is 212 g/mol. The molecule has 2 nitrogen and oxygen atoms in total. The van der Waals surface area contributed by atoms with Crippen LogP contribution < -0.4 is 0 Å². The van der Waals surface area contributed by atoms with Crippen molar-refractivity contribution >= 4 is 5.97 Å². The highest BCUT2D eigenvalue weighted by molar-refractivity contribution is 5.69. The lowest BCUT2D eigenvalue weighted by atomic mass is 10.1. The van der Waals surface area contributed by atoms with Crippen LogP contribution >= 0.6 is 0 Å². The Morgan fingerprint density at radius 2 is 1.73 bits per heavy atom. The minimum Gasteiger partial charge on any atom is -0.481 e. The fourth-order valence-corrected chi connectivity index (χ4v) is 1.58. The van der Waals surface area contributed by atoms with Crippen LogP contribution in [0.25, 0.3) is 0 Å². The summed E-state index contributed by atoms with van der Waals surface area (Å²) in [6.45, 7) is 4.11. The van der Waals surface area contributed by atoms with E-state index in [1.807, 2.05) is 6.92 Å². The highest BCUT2D eigenvalue weighted by Crippen LogP contribution is 2.09. The summed E-state index contributed by atoms with van der Waals surface area (Å²) in [5.41, 5.74) is 0.982. The maximum atomic E-state index is 10.4. The molecule has 0 saturated heterocycles. The van der Waals surface area contributed by atoms with Gasteiger partial charge in [-0.25, -0.2) is 0 Å². The Balaban J connectivity index is 3.32. The van der Waals surface area contributed by atoms with Gasteiger partial charge in [-0.1, -0.05) is 50.7 Å². The predicted molar refractivity (Wildman–Crippen MR) is 64.0 cm³/mol. The first-order valence-corrected chi connectivity index (χ1v) is 6.04. The molecule has 0 saturated carbocycles. The number of aliphatic carboxylic acids is 1. The Bertz CT molecular complexity index is 195. The van der Waals surface area contributed by atoms with Crippen molar-refractivity contribution in [3.05, 3.63) is 11.6 Å². The first-order valence-electron chi connectivity index (χ1n) is 6.04. The molecule has 0 aliphatic carbocycles. The molecule has 15 heavy (non-hydrogen) atoms. The van der Waals surface area contributed by atoms with E-state index in [9.17, 15) is 4.79 Å². The van der Waals surface area contributed by atoms with Gasteiger partial charge in [-0.15, -0.1) is 0 Å². The minimum atomic E-state index is -0.730. The molecule has 0 bridgehead atoms. The van der Waals surface area contributed by atoms with Gasteiger partial charge in [0.2, 0.25) is 0 Å². The summed E-state index contributed by atoms with van der Waals surface area (Å²) in [5, 5.41) is 8.54. The number of hydrogen-bond donors (Lipinski definition) is 1. The summed E-state index contributed by atoms with van der Waals surface area (Å²) in [6.07, 6.45) is 11.0. The standard InChI is InChI=1S/C13H24O2/c1-3-4-5-6-7-8-9-10-12(2)11-13(14)15/h10H,3-9,11H2,1-2H3,(H,14,15)/b12-10-. The highest BCUT2D eigenvalue weighted by Gasteiger charge is 1.97. The molecule has 0 aliphatic heterocycles. The smallest absolute Gasteiger partial charge is 0.307 e. The normalized spacial score (nSPS) is 11.7. The molecule has 0 aliphatic rings. The van der Waals surface area contributed by atoms with Gasteiger partial charge < -0.3 is 5.11 Å². The van der Waals surface area contributed by atoms with Crippen LogP contribution in [0.15, 0.2) is 11.6 Å². The molecule has 0 atom stereocenters. The first kappa shape index (κ1) is 14.2. The van der Waals surface area contributed by atoms with Crippen LogP contribution in [0.3, 0.4) is 0 Å². The third-order valence-corrected chi connectivity index (χ3v) is 2.48. The third-order valence-electron chi connectivity index (χ3n) is 2.48. The van der Waals surface area contributed by atoms with Crippen LogP contribution in [0.1, 0.15) is 65.2 Å². The van der Waals surface area contributed by atoms with E-state index in [1.54, 1.807) is 0 Å². The molecule has 0 aromatic heterocycles. The number of rotatable bonds is 9. The molecule has 0 aromatic rings. The molecule has 0 aromatic carbocycles. The van der Waals surface area contributed by atoms with E-state index in [4.69, 9.17) is 5.11 Å². The van der Waals surface area contributed by atoms with Gasteiger partial charge in [0.05, 0.1) is 6.42 Å². The number of carboxylic acid groups (broad SMARTS) is 1. The van der Waals surface area contributed by atoms with Crippen molar-refractivity contribution in [1.82, 2.24) is 0 Å². The van der Waals surface area contributed by atoms with Gasteiger partial charge in [-0.3, -0.25) is 4.79 Å². The van der Waals surface area contributed by atoms with Crippen molar-refractivity contribution in [3.63, 3.8) is 0 Å². The Labute approximate surface area is 93.4 Å². The van der Waals surface area contributed by atoms with Gasteiger partial charge in [0, 0.05) is 0 Å². The number of unbranched alkanes of at least 4 members (excludes halogenated alkanes) is 6. The van der Waals surface area contributed by atoms with E-state index in [-0.39, 0.29) is 6.42 Å². The average Bonchev–Trinajstić information content (AvgIpc) is 2.15. The lowest BCUT2D eigenvalue weighted by Crippen LogP contribution is -1.94. The van der Waals surface area contributed by atoms with E-state index in [1.165, 1.54) is 38.5 Å². The molecule has 0 rings (SSSR count).